The predicted octanol–water partition coefficient (Wildman–Crippen LogP) is 2.36. The van der Waals surface area contributed by atoms with Gasteiger partial charge in [0.25, 0.3) is 0 Å². The summed E-state index contributed by atoms with van der Waals surface area (Å²) < 4.78 is 7.41. The monoisotopic (exact) mass is 261 g/mol. The zero-order valence-electron chi connectivity index (χ0n) is 11.6. The smallest absolute Gasteiger partial charge is 0.221 e. The van der Waals surface area contributed by atoms with Crippen LogP contribution >= 0.6 is 0 Å². The fourth-order valence-electron chi connectivity index (χ4n) is 1.94. The minimum absolute atomic E-state index is 0.0139. The van der Waals surface area contributed by atoms with E-state index in [2.05, 4.69) is 17.0 Å². The fraction of sp³-hybridized carbons (Fsp3) is 0.429. The molecule has 0 amide bonds. The molecule has 0 bridgehead atoms. The first kappa shape index (κ1) is 13.5. The third-order valence-electron chi connectivity index (χ3n) is 2.77. The molecule has 2 aromatic rings. The van der Waals surface area contributed by atoms with Crippen LogP contribution in [0.3, 0.4) is 0 Å². The van der Waals surface area contributed by atoms with Gasteiger partial charge in [-0.05, 0) is 25.0 Å². The van der Waals surface area contributed by atoms with Gasteiger partial charge in [0.05, 0.1) is 12.3 Å². The van der Waals surface area contributed by atoms with E-state index in [-0.39, 0.29) is 6.61 Å². The summed E-state index contributed by atoms with van der Waals surface area (Å²) in [4.78, 5) is 4.44. The molecule has 0 saturated carbocycles. The molecule has 0 saturated heterocycles. The summed E-state index contributed by atoms with van der Waals surface area (Å²) >= 11 is 0. The average Bonchev–Trinajstić information content (AvgIpc) is 2.68. The first-order valence-electron chi connectivity index (χ1n) is 6.41. The van der Waals surface area contributed by atoms with Gasteiger partial charge >= 0.3 is 0 Å². The number of aliphatic hydroxyl groups excluding tert-OH is 1. The summed E-state index contributed by atoms with van der Waals surface area (Å²) in [5.74, 6) is 1.14. The Morgan fingerprint density at radius 2 is 2.11 bits per heavy atom. The SMILES string of the molecule is CCCc1cc(CO)cc(Oc2cc(C)nn2C)n1. The van der Waals surface area contributed by atoms with Gasteiger partial charge in [0.15, 0.2) is 0 Å². The minimum Gasteiger partial charge on any atom is -0.421 e. The molecule has 0 unspecified atom stereocenters. The number of aromatic nitrogens is 3. The van der Waals surface area contributed by atoms with E-state index in [1.807, 2.05) is 26.1 Å². The van der Waals surface area contributed by atoms with E-state index in [9.17, 15) is 5.11 Å². The second-order valence-corrected chi connectivity index (χ2v) is 4.56. The van der Waals surface area contributed by atoms with E-state index in [4.69, 9.17) is 4.74 Å². The molecule has 2 rings (SSSR count). The van der Waals surface area contributed by atoms with Gasteiger partial charge in [0.2, 0.25) is 11.8 Å². The molecule has 2 aromatic heterocycles. The molecule has 0 spiro atoms. The molecule has 5 nitrogen and oxygen atoms in total. The van der Waals surface area contributed by atoms with Crippen LogP contribution in [0.4, 0.5) is 0 Å². The van der Waals surface area contributed by atoms with Crippen LogP contribution in [0.5, 0.6) is 11.8 Å². The average molecular weight is 261 g/mol. The van der Waals surface area contributed by atoms with E-state index < -0.39 is 0 Å². The third kappa shape index (κ3) is 3.32. The highest BCUT2D eigenvalue weighted by Crippen LogP contribution is 2.22. The lowest BCUT2D eigenvalue weighted by atomic mass is 10.2. The van der Waals surface area contributed by atoms with E-state index in [0.717, 1.165) is 29.8 Å². The van der Waals surface area contributed by atoms with Gasteiger partial charge in [-0.15, -0.1) is 0 Å². The summed E-state index contributed by atoms with van der Waals surface area (Å²) in [6.45, 7) is 3.99. The zero-order valence-corrected chi connectivity index (χ0v) is 11.6. The lowest BCUT2D eigenvalue weighted by Crippen LogP contribution is -2.00. The van der Waals surface area contributed by atoms with Gasteiger partial charge in [-0.2, -0.15) is 5.10 Å². The van der Waals surface area contributed by atoms with Crippen LogP contribution in [0.15, 0.2) is 18.2 Å². The summed E-state index contributed by atoms with van der Waals surface area (Å²) in [5.41, 5.74) is 2.64. The first-order chi connectivity index (χ1) is 9.12. The van der Waals surface area contributed by atoms with Gasteiger partial charge in [-0.25, -0.2) is 9.67 Å². The maximum atomic E-state index is 9.28. The quantitative estimate of drug-likeness (QED) is 0.897. The fourth-order valence-corrected chi connectivity index (χ4v) is 1.94. The Morgan fingerprint density at radius 1 is 1.32 bits per heavy atom. The molecule has 0 aromatic carbocycles. The van der Waals surface area contributed by atoms with Crippen LogP contribution in [0.1, 0.15) is 30.3 Å². The summed E-state index contributed by atoms with van der Waals surface area (Å²) in [5, 5.41) is 13.5. The topological polar surface area (TPSA) is 60.2 Å². The molecule has 0 aliphatic carbocycles. The highest BCUT2D eigenvalue weighted by molar-refractivity contribution is 5.28. The van der Waals surface area contributed by atoms with Crippen molar-refractivity contribution in [3.8, 4) is 11.8 Å². The Balaban J connectivity index is 2.28. The van der Waals surface area contributed by atoms with Gasteiger partial charge < -0.3 is 9.84 Å². The lowest BCUT2D eigenvalue weighted by molar-refractivity contribution is 0.280. The van der Waals surface area contributed by atoms with Crippen molar-refractivity contribution in [2.75, 3.05) is 0 Å². The molecule has 19 heavy (non-hydrogen) atoms. The van der Waals surface area contributed by atoms with Crippen molar-refractivity contribution in [1.29, 1.82) is 0 Å². The van der Waals surface area contributed by atoms with Crippen molar-refractivity contribution in [2.45, 2.75) is 33.3 Å². The Hall–Kier alpha value is -1.88. The van der Waals surface area contributed by atoms with Crippen LogP contribution < -0.4 is 4.74 Å². The number of hydrogen-bond acceptors (Lipinski definition) is 4. The van der Waals surface area contributed by atoms with Gasteiger partial charge in [0.1, 0.15) is 0 Å². The highest BCUT2D eigenvalue weighted by atomic mass is 16.5. The Labute approximate surface area is 112 Å². The van der Waals surface area contributed by atoms with Crippen molar-refractivity contribution in [1.82, 2.24) is 14.8 Å². The van der Waals surface area contributed by atoms with Gasteiger partial charge in [0, 0.05) is 24.9 Å². The Kier molecular flexibility index (Phi) is 4.16. The number of rotatable bonds is 5. The number of hydrogen-bond donors (Lipinski definition) is 1. The van der Waals surface area contributed by atoms with Crippen molar-refractivity contribution < 1.29 is 9.84 Å². The van der Waals surface area contributed by atoms with E-state index in [0.29, 0.717) is 11.8 Å². The molecular weight excluding hydrogens is 242 g/mol. The van der Waals surface area contributed by atoms with Crippen molar-refractivity contribution in [3.05, 3.63) is 35.2 Å². The highest BCUT2D eigenvalue weighted by Gasteiger charge is 2.08. The minimum atomic E-state index is -0.0139. The van der Waals surface area contributed by atoms with Crippen LogP contribution in [-0.2, 0) is 20.1 Å². The number of ether oxygens (including phenoxy) is 1. The van der Waals surface area contributed by atoms with Gasteiger partial charge in [-0.1, -0.05) is 13.3 Å². The van der Waals surface area contributed by atoms with Gasteiger partial charge in [-0.3, -0.25) is 0 Å². The van der Waals surface area contributed by atoms with Crippen LogP contribution in [0.2, 0.25) is 0 Å². The largest absolute Gasteiger partial charge is 0.421 e. The second kappa shape index (κ2) is 5.84. The number of aryl methyl sites for hydroxylation is 3. The number of aliphatic hydroxyl groups is 1. The van der Waals surface area contributed by atoms with Crippen molar-refractivity contribution in [2.24, 2.45) is 7.05 Å². The summed E-state index contributed by atoms with van der Waals surface area (Å²) in [6, 6.07) is 5.51. The molecule has 1 N–H and O–H groups in total. The molecule has 0 radical (unpaired) electrons. The molecule has 5 heteroatoms. The van der Waals surface area contributed by atoms with Crippen molar-refractivity contribution >= 4 is 0 Å². The number of pyridine rings is 1. The Morgan fingerprint density at radius 3 is 2.68 bits per heavy atom. The van der Waals surface area contributed by atoms with E-state index >= 15 is 0 Å². The molecular formula is C14H19N3O2. The lowest BCUT2D eigenvalue weighted by Gasteiger charge is -2.08. The third-order valence-corrected chi connectivity index (χ3v) is 2.77. The zero-order chi connectivity index (χ0) is 13.8. The summed E-state index contributed by atoms with van der Waals surface area (Å²) in [7, 11) is 1.82. The maximum Gasteiger partial charge on any atom is 0.221 e. The molecule has 0 aliphatic heterocycles. The van der Waals surface area contributed by atoms with Crippen molar-refractivity contribution in [3.63, 3.8) is 0 Å². The van der Waals surface area contributed by atoms with E-state index in [1.54, 1.807) is 10.7 Å². The molecule has 102 valence electrons. The first-order valence-corrected chi connectivity index (χ1v) is 6.41. The second-order valence-electron chi connectivity index (χ2n) is 4.56. The standard InChI is InChI=1S/C14H19N3O2/c1-4-5-12-7-11(9-18)8-13(15-12)19-14-6-10(2)16-17(14)3/h6-8,18H,4-5,9H2,1-3H3. The maximum absolute atomic E-state index is 9.28. The predicted molar refractivity (Wildman–Crippen MR) is 72.2 cm³/mol. The molecule has 0 aliphatic rings. The van der Waals surface area contributed by atoms with Crippen LogP contribution in [0, 0.1) is 6.92 Å². The van der Waals surface area contributed by atoms with Crippen LogP contribution in [0.25, 0.3) is 0 Å². The molecule has 0 fully saturated rings. The van der Waals surface area contributed by atoms with Crippen LogP contribution in [-0.4, -0.2) is 19.9 Å². The molecule has 0 atom stereocenters. The number of nitrogens with zero attached hydrogens (tertiary/aromatic N) is 3. The Bertz CT molecular complexity index is 564. The molecule has 2 heterocycles. The van der Waals surface area contributed by atoms with E-state index in [1.165, 1.54) is 0 Å². The normalized spacial score (nSPS) is 10.7. The summed E-state index contributed by atoms with van der Waals surface area (Å²) in [6.07, 6.45) is 1.88.